The number of pyridine rings is 1. The molecule has 3 nitrogen and oxygen atoms in total. The predicted octanol–water partition coefficient (Wildman–Crippen LogP) is 2.77. The van der Waals surface area contributed by atoms with Crippen molar-refractivity contribution in [2.45, 2.75) is 19.3 Å². The first-order valence-electron chi connectivity index (χ1n) is 6.65. The highest BCUT2D eigenvalue weighted by molar-refractivity contribution is 5.33. The molecule has 3 heteroatoms. The summed E-state index contributed by atoms with van der Waals surface area (Å²) in [5, 5.41) is 0. The molecule has 1 unspecified atom stereocenters. The number of nitrogens with zero attached hydrogens (tertiary/aromatic N) is 1. The van der Waals surface area contributed by atoms with Crippen molar-refractivity contribution in [3.8, 4) is 5.75 Å². The number of benzene rings is 1. The van der Waals surface area contributed by atoms with Crippen LogP contribution in [0, 0.1) is 0 Å². The Kier molecular flexibility index (Phi) is 4.93. The van der Waals surface area contributed by atoms with E-state index in [1.807, 2.05) is 30.3 Å². The van der Waals surface area contributed by atoms with E-state index in [4.69, 9.17) is 10.5 Å². The number of para-hydroxylation sites is 1. The molecular weight excluding hydrogens is 236 g/mol. The summed E-state index contributed by atoms with van der Waals surface area (Å²) >= 11 is 0. The second-order valence-electron chi connectivity index (χ2n) is 4.49. The second kappa shape index (κ2) is 6.90. The molecule has 0 bridgehead atoms. The molecule has 2 N–H and O–H groups in total. The van der Waals surface area contributed by atoms with Gasteiger partial charge >= 0.3 is 0 Å². The number of nitrogens with two attached hydrogens (primary N) is 1. The zero-order valence-electron chi connectivity index (χ0n) is 11.3. The summed E-state index contributed by atoms with van der Waals surface area (Å²) in [6.07, 6.45) is 4.55. The molecule has 0 fully saturated rings. The third-order valence-corrected chi connectivity index (χ3v) is 3.26. The maximum absolute atomic E-state index is 5.94. The van der Waals surface area contributed by atoms with Crippen molar-refractivity contribution in [3.63, 3.8) is 0 Å². The Morgan fingerprint density at radius 1 is 1.16 bits per heavy atom. The van der Waals surface area contributed by atoms with Gasteiger partial charge in [0.25, 0.3) is 0 Å². The van der Waals surface area contributed by atoms with Crippen molar-refractivity contribution < 1.29 is 4.74 Å². The average Bonchev–Trinajstić information content (AvgIpc) is 2.49. The topological polar surface area (TPSA) is 48.1 Å². The second-order valence-corrected chi connectivity index (χ2v) is 4.49. The minimum Gasteiger partial charge on any atom is -0.493 e. The summed E-state index contributed by atoms with van der Waals surface area (Å²) in [6, 6.07) is 12.1. The minimum atomic E-state index is 0.202. The Labute approximate surface area is 114 Å². The minimum absolute atomic E-state index is 0.202. The van der Waals surface area contributed by atoms with E-state index in [9.17, 15) is 0 Å². The van der Waals surface area contributed by atoms with Gasteiger partial charge in [-0.25, -0.2) is 0 Å². The first kappa shape index (κ1) is 13.6. The summed E-state index contributed by atoms with van der Waals surface area (Å²) in [7, 11) is 0. The fourth-order valence-electron chi connectivity index (χ4n) is 2.06. The van der Waals surface area contributed by atoms with Crippen molar-refractivity contribution in [1.82, 2.24) is 4.98 Å². The molecule has 1 heterocycles. The Balaban J connectivity index is 2.04. The SMILES string of the molecule is CCc1ccccc1OCC(CN)c1ccncc1. The van der Waals surface area contributed by atoms with Crippen LogP contribution in [0.2, 0.25) is 0 Å². The predicted molar refractivity (Wildman–Crippen MR) is 77.3 cm³/mol. The van der Waals surface area contributed by atoms with E-state index in [0.717, 1.165) is 12.2 Å². The highest BCUT2D eigenvalue weighted by Gasteiger charge is 2.11. The first-order valence-corrected chi connectivity index (χ1v) is 6.65. The monoisotopic (exact) mass is 256 g/mol. The van der Waals surface area contributed by atoms with Crippen LogP contribution in [-0.4, -0.2) is 18.1 Å². The van der Waals surface area contributed by atoms with E-state index in [-0.39, 0.29) is 5.92 Å². The van der Waals surface area contributed by atoms with Gasteiger partial charge in [0.15, 0.2) is 0 Å². The van der Waals surface area contributed by atoms with Crippen molar-refractivity contribution in [1.29, 1.82) is 0 Å². The van der Waals surface area contributed by atoms with Gasteiger partial charge in [0, 0.05) is 24.9 Å². The number of hydrogen-bond donors (Lipinski definition) is 1. The molecule has 1 aromatic heterocycles. The number of aryl methyl sites for hydroxylation is 1. The first-order chi connectivity index (χ1) is 9.35. The number of aromatic nitrogens is 1. The summed E-state index contributed by atoms with van der Waals surface area (Å²) in [4.78, 5) is 4.03. The van der Waals surface area contributed by atoms with Crippen LogP contribution >= 0.6 is 0 Å². The van der Waals surface area contributed by atoms with E-state index in [1.165, 1.54) is 11.1 Å². The molecule has 0 amide bonds. The molecule has 0 aliphatic heterocycles. The van der Waals surface area contributed by atoms with Crippen LogP contribution in [0.5, 0.6) is 5.75 Å². The highest BCUT2D eigenvalue weighted by atomic mass is 16.5. The fourth-order valence-corrected chi connectivity index (χ4v) is 2.06. The van der Waals surface area contributed by atoms with Crippen LogP contribution < -0.4 is 10.5 Å². The molecule has 0 aliphatic rings. The van der Waals surface area contributed by atoms with Crippen LogP contribution in [0.1, 0.15) is 24.0 Å². The van der Waals surface area contributed by atoms with Gasteiger partial charge in [-0.15, -0.1) is 0 Å². The number of hydrogen-bond acceptors (Lipinski definition) is 3. The lowest BCUT2D eigenvalue weighted by atomic mass is 10.0. The van der Waals surface area contributed by atoms with Crippen molar-refractivity contribution in [2.24, 2.45) is 5.73 Å². The van der Waals surface area contributed by atoms with Gasteiger partial charge in [0.05, 0.1) is 6.61 Å². The van der Waals surface area contributed by atoms with Gasteiger partial charge in [0.1, 0.15) is 5.75 Å². The van der Waals surface area contributed by atoms with E-state index in [0.29, 0.717) is 13.2 Å². The van der Waals surface area contributed by atoms with Crippen molar-refractivity contribution in [2.75, 3.05) is 13.2 Å². The zero-order valence-corrected chi connectivity index (χ0v) is 11.3. The molecule has 0 radical (unpaired) electrons. The summed E-state index contributed by atoms with van der Waals surface area (Å²) in [6.45, 7) is 3.29. The third kappa shape index (κ3) is 3.55. The van der Waals surface area contributed by atoms with Crippen LogP contribution in [0.3, 0.4) is 0 Å². The van der Waals surface area contributed by atoms with Crippen LogP contribution in [0.4, 0.5) is 0 Å². The lowest BCUT2D eigenvalue weighted by molar-refractivity contribution is 0.288. The average molecular weight is 256 g/mol. The van der Waals surface area contributed by atoms with Gasteiger partial charge in [-0.05, 0) is 35.7 Å². The van der Waals surface area contributed by atoms with Gasteiger partial charge in [-0.3, -0.25) is 4.98 Å². The smallest absolute Gasteiger partial charge is 0.122 e. The zero-order chi connectivity index (χ0) is 13.5. The van der Waals surface area contributed by atoms with Crippen molar-refractivity contribution >= 4 is 0 Å². The van der Waals surface area contributed by atoms with Gasteiger partial charge in [-0.1, -0.05) is 25.1 Å². The Bertz CT molecular complexity index is 499. The van der Waals surface area contributed by atoms with Crippen LogP contribution in [0.15, 0.2) is 48.8 Å². The lowest BCUT2D eigenvalue weighted by Gasteiger charge is -2.17. The van der Waals surface area contributed by atoms with Gasteiger partial charge in [0.2, 0.25) is 0 Å². The lowest BCUT2D eigenvalue weighted by Crippen LogP contribution is -2.20. The molecule has 2 rings (SSSR count). The molecule has 2 aromatic rings. The summed E-state index contributed by atoms with van der Waals surface area (Å²) in [5.41, 5.74) is 8.24. The fraction of sp³-hybridized carbons (Fsp3) is 0.312. The molecule has 1 atom stereocenters. The summed E-state index contributed by atoms with van der Waals surface area (Å²) < 4.78 is 5.94. The molecule has 0 spiro atoms. The largest absolute Gasteiger partial charge is 0.493 e. The number of rotatable bonds is 6. The molecule has 19 heavy (non-hydrogen) atoms. The Morgan fingerprint density at radius 2 is 1.89 bits per heavy atom. The third-order valence-electron chi connectivity index (χ3n) is 3.26. The quantitative estimate of drug-likeness (QED) is 0.864. The normalized spacial score (nSPS) is 12.1. The highest BCUT2D eigenvalue weighted by Crippen LogP contribution is 2.21. The van der Waals surface area contributed by atoms with Crippen LogP contribution in [0.25, 0.3) is 0 Å². The standard InChI is InChI=1S/C16H20N2O/c1-2-13-5-3-4-6-16(13)19-12-15(11-17)14-7-9-18-10-8-14/h3-10,15H,2,11-12,17H2,1H3. The molecule has 0 saturated heterocycles. The van der Waals surface area contributed by atoms with E-state index in [2.05, 4.69) is 18.0 Å². The summed E-state index contributed by atoms with van der Waals surface area (Å²) in [5.74, 6) is 1.16. The van der Waals surface area contributed by atoms with E-state index < -0.39 is 0 Å². The number of ether oxygens (including phenoxy) is 1. The maximum atomic E-state index is 5.94. The van der Waals surface area contributed by atoms with E-state index >= 15 is 0 Å². The van der Waals surface area contributed by atoms with Gasteiger partial charge in [-0.2, -0.15) is 0 Å². The molecule has 100 valence electrons. The van der Waals surface area contributed by atoms with Crippen molar-refractivity contribution in [3.05, 3.63) is 59.9 Å². The molecule has 1 aromatic carbocycles. The molecule has 0 saturated carbocycles. The van der Waals surface area contributed by atoms with Gasteiger partial charge < -0.3 is 10.5 Å². The molecule has 0 aliphatic carbocycles. The Hall–Kier alpha value is -1.87. The maximum Gasteiger partial charge on any atom is 0.122 e. The Morgan fingerprint density at radius 3 is 2.58 bits per heavy atom. The van der Waals surface area contributed by atoms with E-state index in [1.54, 1.807) is 12.4 Å². The molecular formula is C16H20N2O. The van der Waals surface area contributed by atoms with Crippen LogP contribution in [-0.2, 0) is 6.42 Å².